The van der Waals surface area contributed by atoms with Crippen LogP contribution in [-0.4, -0.2) is 49.7 Å². The van der Waals surface area contributed by atoms with Crippen molar-refractivity contribution in [3.63, 3.8) is 0 Å². The molecule has 0 amide bonds. The van der Waals surface area contributed by atoms with Crippen molar-refractivity contribution in [3.8, 4) is 0 Å². The van der Waals surface area contributed by atoms with Gasteiger partial charge in [0, 0.05) is 19.1 Å². The molecular formula is C15H30N2O2. The summed E-state index contributed by atoms with van der Waals surface area (Å²) in [6.45, 7) is 6.27. The van der Waals surface area contributed by atoms with E-state index in [0.717, 1.165) is 32.0 Å². The first-order valence-corrected chi connectivity index (χ1v) is 7.79. The van der Waals surface area contributed by atoms with Gasteiger partial charge in [0.2, 0.25) is 0 Å². The fourth-order valence-corrected chi connectivity index (χ4v) is 2.78. The molecule has 0 aromatic rings. The van der Waals surface area contributed by atoms with Gasteiger partial charge in [-0.2, -0.15) is 0 Å². The highest BCUT2D eigenvalue weighted by Crippen LogP contribution is 2.21. The minimum Gasteiger partial charge on any atom is -0.465 e. The molecule has 19 heavy (non-hydrogen) atoms. The lowest BCUT2D eigenvalue weighted by Gasteiger charge is -2.25. The number of esters is 1. The number of nitrogens with one attached hydrogen (secondary N) is 1. The van der Waals surface area contributed by atoms with Gasteiger partial charge in [-0.1, -0.05) is 26.2 Å². The van der Waals surface area contributed by atoms with E-state index in [1.165, 1.54) is 25.7 Å². The van der Waals surface area contributed by atoms with E-state index >= 15 is 0 Å². The molecule has 1 N–H and O–H groups in total. The summed E-state index contributed by atoms with van der Waals surface area (Å²) < 4.78 is 5.10. The van der Waals surface area contributed by atoms with E-state index in [9.17, 15) is 4.79 Å². The lowest BCUT2D eigenvalue weighted by Crippen LogP contribution is -2.43. The van der Waals surface area contributed by atoms with E-state index in [2.05, 4.69) is 24.2 Å². The average molecular weight is 270 g/mol. The summed E-state index contributed by atoms with van der Waals surface area (Å²) in [6.07, 6.45) is 7.23. The maximum Gasteiger partial charge on any atom is 0.323 e. The summed E-state index contributed by atoms with van der Waals surface area (Å²) in [5, 5.41) is 3.34. The summed E-state index contributed by atoms with van der Waals surface area (Å²) in [5.41, 5.74) is 0. The van der Waals surface area contributed by atoms with Gasteiger partial charge >= 0.3 is 5.97 Å². The fraction of sp³-hybridized carbons (Fsp3) is 0.933. The van der Waals surface area contributed by atoms with Gasteiger partial charge in [-0.05, 0) is 33.2 Å². The normalized spacial score (nSPS) is 17.9. The maximum atomic E-state index is 11.8. The molecule has 112 valence electrons. The first kappa shape index (κ1) is 16.4. The predicted molar refractivity (Wildman–Crippen MR) is 78.2 cm³/mol. The molecule has 0 heterocycles. The fourth-order valence-electron chi connectivity index (χ4n) is 2.78. The number of hydrogen-bond donors (Lipinski definition) is 1. The number of rotatable bonds is 9. The van der Waals surface area contributed by atoms with E-state index in [-0.39, 0.29) is 12.0 Å². The van der Waals surface area contributed by atoms with Crippen molar-refractivity contribution in [2.45, 2.75) is 64.5 Å². The number of ether oxygens (including phenoxy) is 1. The third-order valence-corrected chi connectivity index (χ3v) is 3.95. The molecule has 0 aromatic heterocycles. The molecule has 4 nitrogen and oxygen atoms in total. The third kappa shape index (κ3) is 5.91. The Morgan fingerprint density at radius 3 is 2.63 bits per heavy atom. The molecule has 1 atom stereocenters. The quantitative estimate of drug-likeness (QED) is 0.652. The Hall–Kier alpha value is -0.610. The van der Waals surface area contributed by atoms with Crippen molar-refractivity contribution in [3.05, 3.63) is 0 Å². The van der Waals surface area contributed by atoms with E-state index in [1.807, 2.05) is 6.92 Å². The van der Waals surface area contributed by atoms with E-state index < -0.39 is 0 Å². The minimum atomic E-state index is -0.137. The Bertz CT molecular complexity index is 253. The van der Waals surface area contributed by atoms with Crippen molar-refractivity contribution in [1.29, 1.82) is 0 Å². The monoisotopic (exact) mass is 270 g/mol. The number of carbonyl (C=O) groups excluding carboxylic acids is 1. The highest BCUT2D eigenvalue weighted by molar-refractivity contribution is 5.75. The molecule has 4 heteroatoms. The summed E-state index contributed by atoms with van der Waals surface area (Å²) in [7, 11) is 2.19. The smallest absolute Gasteiger partial charge is 0.323 e. The van der Waals surface area contributed by atoms with Crippen LogP contribution in [0.15, 0.2) is 0 Å². The summed E-state index contributed by atoms with van der Waals surface area (Å²) in [5.74, 6) is -0.104. The van der Waals surface area contributed by atoms with Crippen molar-refractivity contribution >= 4 is 5.97 Å². The van der Waals surface area contributed by atoms with Crippen molar-refractivity contribution in [1.82, 2.24) is 10.2 Å². The molecular weight excluding hydrogens is 240 g/mol. The molecule has 1 saturated carbocycles. The number of nitrogens with zero attached hydrogens (tertiary/aromatic N) is 1. The minimum absolute atomic E-state index is 0.104. The Balaban J connectivity index is 2.24. The maximum absolute atomic E-state index is 11.8. The van der Waals surface area contributed by atoms with Crippen LogP contribution in [0.25, 0.3) is 0 Å². The standard InChI is InChI=1S/C15H30N2O2/c1-4-8-14(15(18)19-5-2)16-11-12-17(3)13-9-6-7-10-13/h13-14,16H,4-12H2,1-3H3. The van der Waals surface area contributed by atoms with Crippen LogP contribution in [0.5, 0.6) is 0 Å². The molecule has 1 rings (SSSR count). The molecule has 0 aliphatic heterocycles. The third-order valence-electron chi connectivity index (χ3n) is 3.95. The van der Waals surface area contributed by atoms with Crippen LogP contribution < -0.4 is 5.32 Å². The van der Waals surface area contributed by atoms with E-state index in [4.69, 9.17) is 4.74 Å². The summed E-state index contributed by atoms with van der Waals surface area (Å²) >= 11 is 0. The first-order valence-electron chi connectivity index (χ1n) is 7.79. The number of likely N-dealkylation sites (N-methyl/N-ethyl adjacent to an activating group) is 1. The van der Waals surface area contributed by atoms with Crippen LogP contribution in [-0.2, 0) is 9.53 Å². The zero-order valence-electron chi connectivity index (χ0n) is 12.8. The molecule has 0 radical (unpaired) electrons. The van der Waals surface area contributed by atoms with E-state index in [1.54, 1.807) is 0 Å². The predicted octanol–water partition coefficient (Wildman–Crippen LogP) is 2.18. The summed E-state index contributed by atoms with van der Waals surface area (Å²) in [6, 6.07) is 0.607. The second-order valence-corrected chi connectivity index (χ2v) is 5.47. The second-order valence-electron chi connectivity index (χ2n) is 5.47. The zero-order valence-corrected chi connectivity index (χ0v) is 12.8. The van der Waals surface area contributed by atoms with Gasteiger partial charge in [-0.15, -0.1) is 0 Å². The van der Waals surface area contributed by atoms with Gasteiger partial charge in [0.05, 0.1) is 6.61 Å². The van der Waals surface area contributed by atoms with Crippen LogP contribution in [0.1, 0.15) is 52.4 Å². The molecule has 0 bridgehead atoms. The second kappa shape index (κ2) is 9.32. The van der Waals surface area contributed by atoms with Gasteiger partial charge in [-0.3, -0.25) is 4.79 Å². The molecule has 0 saturated heterocycles. The Kier molecular flexibility index (Phi) is 8.07. The topological polar surface area (TPSA) is 41.6 Å². The van der Waals surface area contributed by atoms with Crippen LogP contribution in [0.2, 0.25) is 0 Å². The number of hydrogen-bond acceptors (Lipinski definition) is 4. The molecule has 0 spiro atoms. The summed E-state index contributed by atoms with van der Waals surface area (Å²) in [4.78, 5) is 14.2. The van der Waals surface area contributed by atoms with E-state index in [0.29, 0.717) is 6.61 Å². The molecule has 1 aliphatic carbocycles. The van der Waals surface area contributed by atoms with Crippen molar-refractivity contribution < 1.29 is 9.53 Å². The SMILES string of the molecule is CCCC(NCCN(C)C1CCCC1)C(=O)OCC. The largest absolute Gasteiger partial charge is 0.465 e. The molecule has 1 unspecified atom stereocenters. The molecule has 1 aliphatic rings. The van der Waals surface area contributed by atoms with Gasteiger partial charge in [0.25, 0.3) is 0 Å². The Labute approximate surface area is 117 Å². The van der Waals surface area contributed by atoms with Crippen molar-refractivity contribution in [2.24, 2.45) is 0 Å². The lowest BCUT2D eigenvalue weighted by molar-refractivity contribution is -0.145. The lowest BCUT2D eigenvalue weighted by atomic mass is 10.1. The van der Waals surface area contributed by atoms with Crippen LogP contribution in [0.3, 0.4) is 0 Å². The van der Waals surface area contributed by atoms with Crippen molar-refractivity contribution in [2.75, 3.05) is 26.7 Å². The van der Waals surface area contributed by atoms with Crippen LogP contribution in [0, 0.1) is 0 Å². The Morgan fingerprint density at radius 1 is 1.37 bits per heavy atom. The van der Waals surface area contributed by atoms with Crippen LogP contribution in [0.4, 0.5) is 0 Å². The first-order chi connectivity index (χ1) is 9.19. The van der Waals surface area contributed by atoms with Gasteiger partial charge < -0.3 is 15.0 Å². The van der Waals surface area contributed by atoms with Gasteiger partial charge in [-0.25, -0.2) is 0 Å². The van der Waals surface area contributed by atoms with Gasteiger partial charge in [0.15, 0.2) is 0 Å². The number of carbonyl (C=O) groups is 1. The van der Waals surface area contributed by atoms with Crippen LogP contribution >= 0.6 is 0 Å². The molecule has 1 fully saturated rings. The average Bonchev–Trinajstić information content (AvgIpc) is 2.91. The Morgan fingerprint density at radius 2 is 2.05 bits per heavy atom. The highest BCUT2D eigenvalue weighted by Gasteiger charge is 2.21. The highest BCUT2D eigenvalue weighted by atomic mass is 16.5. The molecule has 0 aromatic carbocycles. The zero-order chi connectivity index (χ0) is 14.1. The van der Waals surface area contributed by atoms with Gasteiger partial charge in [0.1, 0.15) is 6.04 Å².